The molecule has 0 bridgehead atoms. The van der Waals surface area contributed by atoms with E-state index in [0.29, 0.717) is 55.7 Å². The van der Waals surface area contributed by atoms with Crippen LogP contribution < -0.4 is 36.6 Å². The average Bonchev–Trinajstić information content (AvgIpc) is 3.66. The molecule has 4 heterocycles. The van der Waals surface area contributed by atoms with E-state index in [1.165, 1.54) is 52.4 Å². The molecule has 2 aliphatic heterocycles. The Kier molecular flexibility index (Phi) is 10.5. The maximum absolute atomic E-state index is 15.4. The molecule has 1 aliphatic carbocycles. The van der Waals surface area contributed by atoms with Gasteiger partial charge in [0.25, 0.3) is 17.4 Å². The van der Waals surface area contributed by atoms with Crippen molar-refractivity contribution in [3.05, 3.63) is 156 Å². The highest BCUT2D eigenvalue weighted by Crippen LogP contribution is 2.62. The van der Waals surface area contributed by atoms with Crippen molar-refractivity contribution in [1.29, 1.82) is 0 Å². The number of fused-ring (bicyclic) bond motifs is 5. The number of aliphatic hydroxyl groups excluding tert-OH is 1. The lowest BCUT2D eigenvalue weighted by atomic mass is 9.53. The Bertz CT molecular complexity index is 3020. The number of aromatic nitrogens is 5. The van der Waals surface area contributed by atoms with Crippen LogP contribution in [0.25, 0.3) is 11.0 Å². The van der Waals surface area contributed by atoms with Crippen LogP contribution in [0, 0.1) is 11.7 Å². The maximum atomic E-state index is 15.4. The Hall–Kier alpha value is -6.98. The summed E-state index contributed by atoms with van der Waals surface area (Å²) in [7, 11) is 4.57. The van der Waals surface area contributed by atoms with Gasteiger partial charge in [-0.2, -0.15) is 5.01 Å². The topological polar surface area (TPSA) is 181 Å². The summed E-state index contributed by atoms with van der Waals surface area (Å²) in [4.78, 5) is 77.3. The molecule has 0 radical (unpaired) electrons. The molecule has 1 saturated carbocycles. The van der Waals surface area contributed by atoms with Crippen molar-refractivity contribution < 1.29 is 33.3 Å². The lowest BCUT2D eigenvalue weighted by molar-refractivity contribution is -0.138. The molecule has 2 fully saturated rings. The average molecular weight is 878 g/mol. The summed E-state index contributed by atoms with van der Waals surface area (Å²) in [6.45, 7) is -0.377. The first-order valence-electron chi connectivity index (χ1n) is 20.1. The molecule has 4 aromatic carbocycles. The van der Waals surface area contributed by atoms with Crippen LogP contribution in [0.15, 0.2) is 111 Å². The van der Waals surface area contributed by atoms with E-state index in [-0.39, 0.29) is 44.8 Å². The highest BCUT2D eigenvalue weighted by molar-refractivity contribution is 6.30. The predicted molar refractivity (Wildman–Crippen MR) is 229 cm³/mol. The third kappa shape index (κ3) is 6.61. The second-order valence-corrected chi connectivity index (χ2v) is 16.0. The fourth-order valence-corrected chi connectivity index (χ4v) is 9.67. The second-order valence-electron chi connectivity index (χ2n) is 15.6. The molecule has 3 aliphatic rings. The zero-order valence-electron chi connectivity index (χ0n) is 34.3. The molecular weight excluding hydrogens is 837 g/mol. The Balaban J connectivity index is 1.16. The first-order chi connectivity index (χ1) is 30.4. The summed E-state index contributed by atoms with van der Waals surface area (Å²) < 4.78 is 35.6. The van der Waals surface area contributed by atoms with Gasteiger partial charge in [0.05, 0.1) is 61.5 Å². The summed E-state index contributed by atoms with van der Waals surface area (Å²) in [5, 5.41) is 10.8. The molecule has 9 rings (SSSR count). The molecule has 6 aromatic rings. The molecule has 63 heavy (non-hydrogen) atoms. The van der Waals surface area contributed by atoms with Gasteiger partial charge < -0.3 is 23.9 Å². The van der Waals surface area contributed by atoms with Crippen LogP contribution >= 0.6 is 11.6 Å². The number of ether oxygens (including phenoxy) is 3. The number of aliphatic hydroxyl groups is 1. The van der Waals surface area contributed by atoms with E-state index >= 15 is 4.79 Å². The Morgan fingerprint density at radius 3 is 2.30 bits per heavy atom. The quantitative estimate of drug-likeness (QED) is 0.134. The van der Waals surface area contributed by atoms with Crippen LogP contribution in [0.1, 0.15) is 35.2 Å². The molecule has 324 valence electrons. The van der Waals surface area contributed by atoms with Crippen molar-refractivity contribution >= 4 is 40.1 Å². The number of rotatable bonds is 12. The summed E-state index contributed by atoms with van der Waals surface area (Å²) in [5.74, 6) is -2.38. The van der Waals surface area contributed by atoms with E-state index < -0.39 is 57.9 Å². The number of hydrogen-bond donors (Lipinski definition) is 2. The third-order valence-electron chi connectivity index (χ3n) is 12.4. The molecule has 2 amide bonds. The van der Waals surface area contributed by atoms with Crippen molar-refractivity contribution in [2.75, 3.05) is 32.9 Å². The molecule has 2 N–H and O–H groups in total. The number of allylic oxidation sites excluding steroid dienone is 2. The molecule has 2 aromatic heterocycles. The molecule has 18 heteroatoms. The number of halogens is 2. The van der Waals surface area contributed by atoms with Gasteiger partial charge in [-0.3, -0.25) is 19.8 Å². The van der Waals surface area contributed by atoms with E-state index in [4.69, 9.17) is 25.8 Å². The zero-order chi connectivity index (χ0) is 44.3. The standard InChI is InChI=1S/C45H41ClFN7O9/c1-50-36-24-38(62-3)37(61-2)23-34(36)48-33(41(50)57)17-18-51-43(59)52-19-16-31-35(54(52)44(51)60)22-32-40(56)53(49-29-12-10-28(47)11-13-29)42(58)45(32,26-6-8-27(46)9-7-26)39(31)25-4-14-30(15-5-25)63-21-20-55/h4-16,23-24,32,35,39,49,55H,17-22H2,1-3H3/t32-,35+,39-,45+/m0/s1. The van der Waals surface area contributed by atoms with Gasteiger partial charge in [0.15, 0.2) is 11.5 Å². The summed E-state index contributed by atoms with van der Waals surface area (Å²) >= 11 is 6.40. The second kappa shape index (κ2) is 16.0. The minimum absolute atomic E-state index is 0.0419. The number of benzene rings is 4. The highest BCUT2D eigenvalue weighted by atomic mass is 35.5. The minimum atomic E-state index is -1.60. The van der Waals surface area contributed by atoms with Gasteiger partial charge >= 0.3 is 11.4 Å². The third-order valence-corrected chi connectivity index (χ3v) is 12.6. The lowest BCUT2D eigenvalue weighted by Gasteiger charge is -2.49. The molecule has 1 saturated heterocycles. The van der Waals surface area contributed by atoms with Crippen LogP contribution in [0.5, 0.6) is 17.2 Å². The molecule has 0 spiro atoms. The van der Waals surface area contributed by atoms with Gasteiger partial charge in [-0.25, -0.2) is 32.9 Å². The van der Waals surface area contributed by atoms with E-state index in [0.717, 1.165) is 9.58 Å². The Morgan fingerprint density at radius 1 is 0.921 bits per heavy atom. The first kappa shape index (κ1) is 41.4. The van der Waals surface area contributed by atoms with Crippen LogP contribution in [-0.2, 0) is 41.6 Å². The first-order valence-corrected chi connectivity index (χ1v) is 20.5. The summed E-state index contributed by atoms with van der Waals surface area (Å²) in [6, 6.07) is 21.3. The smallest absolute Gasteiger partial charge is 0.347 e. The SMILES string of the molecule is COc1cc2nc(CCn3c(=O)n4n(c3=O)[C@@H]3C[C@H]5C(=O)N(Nc6ccc(F)cc6)C(=O)[C@@]5(c5ccc(Cl)cc5)[C@@H](c5ccc(OCCO)cc5)C3=CC4)c(=O)n(C)c2cc1OC. The van der Waals surface area contributed by atoms with Crippen molar-refractivity contribution in [3.8, 4) is 17.2 Å². The fraction of sp³-hybridized carbons (Fsp3) is 0.289. The fourth-order valence-electron chi connectivity index (χ4n) is 9.54. The number of imide groups is 1. The van der Waals surface area contributed by atoms with Gasteiger partial charge in [-0.15, -0.1) is 0 Å². The van der Waals surface area contributed by atoms with Gasteiger partial charge in [-0.05, 0) is 71.7 Å². The zero-order valence-corrected chi connectivity index (χ0v) is 35.0. The lowest BCUT2D eigenvalue weighted by Crippen LogP contribution is -2.53. The number of hydrogen-bond acceptors (Lipinski definition) is 11. The molecule has 16 nitrogen and oxygen atoms in total. The maximum Gasteiger partial charge on any atom is 0.347 e. The van der Waals surface area contributed by atoms with Gasteiger partial charge in [0.2, 0.25) is 0 Å². The van der Waals surface area contributed by atoms with Gasteiger partial charge in [0.1, 0.15) is 23.9 Å². The number of methoxy groups -OCH3 is 2. The van der Waals surface area contributed by atoms with E-state index in [1.807, 2.05) is 6.08 Å². The highest BCUT2D eigenvalue weighted by Gasteiger charge is 2.68. The summed E-state index contributed by atoms with van der Waals surface area (Å²) in [5.41, 5.74) is 2.72. The number of amides is 2. The number of hydrazine groups is 1. The minimum Gasteiger partial charge on any atom is -0.493 e. The molecular formula is C45H41ClFN7O9. The summed E-state index contributed by atoms with van der Waals surface area (Å²) in [6.07, 6.45) is 1.71. The van der Waals surface area contributed by atoms with Crippen molar-refractivity contribution in [1.82, 2.24) is 28.5 Å². The Morgan fingerprint density at radius 2 is 1.62 bits per heavy atom. The number of nitrogens with zero attached hydrogens (tertiary/aromatic N) is 6. The van der Waals surface area contributed by atoms with Crippen molar-refractivity contribution in [2.24, 2.45) is 13.0 Å². The van der Waals surface area contributed by atoms with Crippen molar-refractivity contribution in [3.63, 3.8) is 0 Å². The largest absolute Gasteiger partial charge is 0.493 e. The number of carbonyl (C=O) groups is 2. The normalized spacial score (nSPS) is 20.3. The van der Waals surface area contributed by atoms with Crippen LogP contribution in [0.3, 0.4) is 0 Å². The van der Waals surface area contributed by atoms with Crippen LogP contribution in [0.2, 0.25) is 5.02 Å². The predicted octanol–water partition coefficient (Wildman–Crippen LogP) is 4.10. The van der Waals surface area contributed by atoms with Crippen LogP contribution in [-0.4, -0.2) is 72.8 Å². The van der Waals surface area contributed by atoms with E-state index in [9.17, 15) is 28.7 Å². The number of nitrogens with one attached hydrogen (secondary N) is 1. The van der Waals surface area contributed by atoms with E-state index in [2.05, 4.69) is 10.4 Å². The number of carbonyl (C=O) groups excluding carboxylic acids is 2. The molecule has 4 atom stereocenters. The van der Waals surface area contributed by atoms with Crippen LogP contribution in [0.4, 0.5) is 10.1 Å². The van der Waals surface area contributed by atoms with Crippen molar-refractivity contribution in [2.45, 2.75) is 43.3 Å². The van der Waals surface area contributed by atoms with Gasteiger partial charge in [0, 0.05) is 43.1 Å². The number of anilines is 1. The monoisotopic (exact) mass is 877 g/mol. The Labute approximate surface area is 362 Å². The molecule has 0 unspecified atom stereocenters. The van der Waals surface area contributed by atoms with E-state index in [1.54, 1.807) is 67.7 Å². The van der Waals surface area contributed by atoms with Gasteiger partial charge in [-0.1, -0.05) is 41.9 Å². The number of aryl methyl sites for hydroxylation is 2.